The number of pyridine rings is 1. The number of nitrogens with zero attached hydrogens (tertiary/aromatic N) is 3. The summed E-state index contributed by atoms with van der Waals surface area (Å²) in [5, 5.41) is 3.51. The van der Waals surface area contributed by atoms with Crippen LogP contribution in [0.25, 0.3) is 0 Å². The van der Waals surface area contributed by atoms with Gasteiger partial charge in [-0.05, 0) is 63.0 Å². The van der Waals surface area contributed by atoms with Crippen LogP contribution in [0.1, 0.15) is 31.4 Å². The fourth-order valence-corrected chi connectivity index (χ4v) is 4.42. The normalized spacial score (nSPS) is 32.9. The Kier molecular flexibility index (Phi) is 4.81. The first kappa shape index (κ1) is 15.9. The van der Waals surface area contributed by atoms with Gasteiger partial charge in [0, 0.05) is 38.1 Å². The molecule has 4 nitrogen and oxygen atoms in total. The van der Waals surface area contributed by atoms with Crippen molar-refractivity contribution >= 4 is 0 Å². The molecule has 22 heavy (non-hydrogen) atoms. The molecular weight excluding hydrogens is 272 g/mol. The van der Waals surface area contributed by atoms with E-state index in [2.05, 4.69) is 53.3 Å². The van der Waals surface area contributed by atoms with Gasteiger partial charge in [0.05, 0.1) is 0 Å². The molecule has 0 aromatic carbocycles. The standard InChI is InChI=1S/C18H30N4/c1-18(7-9-20-13-18)14-21(2)12-16-6-10-22(3)17(16)15-5-4-8-19-11-15/h4-5,8,11,16-17,20H,6-7,9-10,12-14H2,1-3H3/t16-,17-,18?/m0/s1. The lowest BCUT2D eigenvalue weighted by Gasteiger charge is -2.33. The molecule has 1 aromatic heterocycles. The molecule has 1 aromatic rings. The molecule has 2 fully saturated rings. The van der Waals surface area contributed by atoms with Gasteiger partial charge in [-0.15, -0.1) is 0 Å². The predicted molar refractivity (Wildman–Crippen MR) is 90.8 cm³/mol. The quantitative estimate of drug-likeness (QED) is 0.901. The smallest absolute Gasteiger partial charge is 0.0401 e. The first-order chi connectivity index (χ1) is 10.6. The molecule has 0 aliphatic carbocycles. The zero-order valence-corrected chi connectivity index (χ0v) is 14.3. The number of hydrogen-bond acceptors (Lipinski definition) is 4. The maximum atomic E-state index is 4.32. The molecule has 0 saturated carbocycles. The highest BCUT2D eigenvalue weighted by atomic mass is 15.2. The summed E-state index contributed by atoms with van der Waals surface area (Å²) in [4.78, 5) is 9.37. The lowest BCUT2D eigenvalue weighted by Crippen LogP contribution is -2.38. The number of hydrogen-bond donors (Lipinski definition) is 1. The van der Waals surface area contributed by atoms with Crippen molar-refractivity contribution in [2.24, 2.45) is 11.3 Å². The lowest BCUT2D eigenvalue weighted by atomic mass is 9.88. The third kappa shape index (κ3) is 3.50. The Balaban J connectivity index is 1.63. The summed E-state index contributed by atoms with van der Waals surface area (Å²) in [5.74, 6) is 0.706. The summed E-state index contributed by atoms with van der Waals surface area (Å²) in [6.07, 6.45) is 6.50. The van der Waals surface area contributed by atoms with Gasteiger partial charge in [0.2, 0.25) is 0 Å². The van der Waals surface area contributed by atoms with Crippen molar-refractivity contribution in [2.75, 3.05) is 46.8 Å². The number of nitrogens with one attached hydrogen (secondary N) is 1. The van der Waals surface area contributed by atoms with Gasteiger partial charge in [0.15, 0.2) is 0 Å². The van der Waals surface area contributed by atoms with E-state index in [0.29, 0.717) is 17.4 Å². The molecule has 4 heteroatoms. The van der Waals surface area contributed by atoms with Crippen LogP contribution in [0.15, 0.2) is 24.5 Å². The second kappa shape index (κ2) is 6.65. The van der Waals surface area contributed by atoms with Gasteiger partial charge in [-0.1, -0.05) is 13.0 Å². The van der Waals surface area contributed by atoms with E-state index >= 15 is 0 Å². The minimum Gasteiger partial charge on any atom is -0.316 e. The molecule has 1 unspecified atom stereocenters. The largest absolute Gasteiger partial charge is 0.316 e. The zero-order valence-electron chi connectivity index (χ0n) is 14.3. The van der Waals surface area contributed by atoms with Crippen LogP contribution in [0.2, 0.25) is 0 Å². The fourth-order valence-electron chi connectivity index (χ4n) is 4.42. The maximum absolute atomic E-state index is 4.32. The van der Waals surface area contributed by atoms with Crippen LogP contribution in [0.5, 0.6) is 0 Å². The molecule has 2 aliphatic rings. The predicted octanol–water partition coefficient (Wildman–Crippen LogP) is 2.01. The van der Waals surface area contributed by atoms with Gasteiger partial charge < -0.3 is 10.2 Å². The highest BCUT2D eigenvalue weighted by molar-refractivity contribution is 5.17. The summed E-state index contributed by atoms with van der Waals surface area (Å²) >= 11 is 0. The second-order valence-electron chi connectivity index (χ2n) is 7.69. The first-order valence-electron chi connectivity index (χ1n) is 8.57. The molecule has 3 heterocycles. The molecule has 0 radical (unpaired) electrons. The fraction of sp³-hybridized carbons (Fsp3) is 0.722. The Bertz CT molecular complexity index is 469. The van der Waals surface area contributed by atoms with Crippen LogP contribution in [0.4, 0.5) is 0 Å². The highest BCUT2D eigenvalue weighted by Crippen LogP contribution is 2.36. The Morgan fingerprint density at radius 2 is 2.36 bits per heavy atom. The Labute approximate surface area is 134 Å². The van der Waals surface area contributed by atoms with Gasteiger partial charge >= 0.3 is 0 Å². The van der Waals surface area contributed by atoms with E-state index in [1.165, 1.54) is 44.6 Å². The van der Waals surface area contributed by atoms with Crippen LogP contribution in [0, 0.1) is 11.3 Å². The molecule has 2 aliphatic heterocycles. The highest BCUT2D eigenvalue weighted by Gasteiger charge is 2.35. The molecule has 3 rings (SSSR count). The van der Waals surface area contributed by atoms with E-state index in [1.54, 1.807) is 0 Å². The Morgan fingerprint density at radius 1 is 1.50 bits per heavy atom. The summed E-state index contributed by atoms with van der Waals surface area (Å²) in [6, 6.07) is 4.81. The van der Waals surface area contributed by atoms with Gasteiger partial charge in [0.1, 0.15) is 0 Å². The number of likely N-dealkylation sites (tertiary alicyclic amines) is 1. The van der Waals surface area contributed by atoms with E-state index in [1.807, 2.05) is 12.4 Å². The summed E-state index contributed by atoms with van der Waals surface area (Å²) in [7, 11) is 4.54. The molecule has 0 bridgehead atoms. The van der Waals surface area contributed by atoms with E-state index in [0.717, 1.165) is 6.54 Å². The lowest BCUT2D eigenvalue weighted by molar-refractivity contribution is 0.166. The van der Waals surface area contributed by atoms with Gasteiger partial charge in [0.25, 0.3) is 0 Å². The van der Waals surface area contributed by atoms with Crippen molar-refractivity contribution in [3.05, 3.63) is 30.1 Å². The van der Waals surface area contributed by atoms with Gasteiger partial charge in [-0.25, -0.2) is 0 Å². The van der Waals surface area contributed by atoms with Gasteiger partial charge in [-0.2, -0.15) is 0 Å². The number of aromatic nitrogens is 1. The van der Waals surface area contributed by atoms with Crippen LogP contribution in [-0.4, -0.2) is 61.6 Å². The van der Waals surface area contributed by atoms with Crippen LogP contribution >= 0.6 is 0 Å². The van der Waals surface area contributed by atoms with Crippen LogP contribution in [0.3, 0.4) is 0 Å². The average Bonchev–Trinajstić information content (AvgIpc) is 3.06. The van der Waals surface area contributed by atoms with Crippen LogP contribution in [-0.2, 0) is 0 Å². The van der Waals surface area contributed by atoms with Crippen molar-refractivity contribution in [1.82, 2.24) is 20.1 Å². The second-order valence-corrected chi connectivity index (χ2v) is 7.69. The minimum atomic E-state index is 0.447. The van der Waals surface area contributed by atoms with E-state index < -0.39 is 0 Å². The molecule has 0 spiro atoms. The average molecular weight is 302 g/mol. The molecule has 122 valence electrons. The monoisotopic (exact) mass is 302 g/mol. The van der Waals surface area contributed by atoms with E-state index in [-0.39, 0.29) is 0 Å². The Morgan fingerprint density at radius 3 is 3.05 bits per heavy atom. The third-order valence-electron chi connectivity index (χ3n) is 5.45. The van der Waals surface area contributed by atoms with Crippen molar-refractivity contribution in [1.29, 1.82) is 0 Å². The van der Waals surface area contributed by atoms with Crippen molar-refractivity contribution in [3.8, 4) is 0 Å². The molecule has 2 saturated heterocycles. The SMILES string of the molecule is CN(C[C@@H]1CCN(C)[C@H]1c1cccnc1)CC1(C)CCNC1. The molecular formula is C18H30N4. The van der Waals surface area contributed by atoms with Crippen molar-refractivity contribution < 1.29 is 0 Å². The molecule has 1 N–H and O–H groups in total. The maximum Gasteiger partial charge on any atom is 0.0401 e. The molecule has 0 amide bonds. The summed E-state index contributed by atoms with van der Waals surface area (Å²) in [6.45, 7) is 8.32. The molecule has 3 atom stereocenters. The summed E-state index contributed by atoms with van der Waals surface area (Å²) in [5.41, 5.74) is 1.82. The first-order valence-corrected chi connectivity index (χ1v) is 8.57. The Hall–Kier alpha value is -0.970. The van der Waals surface area contributed by atoms with Crippen molar-refractivity contribution in [2.45, 2.75) is 25.8 Å². The van der Waals surface area contributed by atoms with Crippen molar-refractivity contribution in [3.63, 3.8) is 0 Å². The van der Waals surface area contributed by atoms with Crippen LogP contribution < -0.4 is 5.32 Å². The van der Waals surface area contributed by atoms with Gasteiger partial charge in [-0.3, -0.25) is 9.88 Å². The van der Waals surface area contributed by atoms with E-state index in [9.17, 15) is 0 Å². The summed E-state index contributed by atoms with van der Waals surface area (Å²) < 4.78 is 0. The topological polar surface area (TPSA) is 31.4 Å². The zero-order chi connectivity index (χ0) is 15.6. The minimum absolute atomic E-state index is 0.447. The third-order valence-corrected chi connectivity index (χ3v) is 5.45. The van der Waals surface area contributed by atoms with E-state index in [4.69, 9.17) is 0 Å². The number of rotatable bonds is 5.